The average Bonchev–Trinajstić information content (AvgIpc) is 2.34. The summed E-state index contributed by atoms with van der Waals surface area (Å²) in [7, 11) is 0. The number of nitrogens with two attached hydrogens (primary N) is 1. The van der Waals surface area contributed by atoms with Gasteiger partial charge in [0.25, 0.3) is 5.91 Å². The van der Waals surface area contributed by atoms with Crippen LogP contribution in [-0.4, -0.2) is 10.9 Å². The van der Waals surface area contributed by atoms with Gasteiger partial charge in [0, 0.05) is 11.9 Å². The lowest BCUT2D eigenvalue weighted by Crippen LogP contribution is -2.15. The molecule has 0 saturated carbocycles. The van der Waals surface area contributed by atoms with Crippen molar-refractivity contribution in [3.05, 3.63) is 53.9 Å². The van der Waals surface area contributed by atoms with Crippen LogP contribution in [-0.2, 0) is 0 Å². The molecule has 92 valence electrons. The van der Waals surface area contributed by atoms with Crippen LogP contribution in [0.15, 0.2) is 36.7 Å². The first kappa shape index (κ1) is 12.0. The van der Waals surface area contributed by atoms with Crippen LogP contribution in [0.25, 0.3) is 0 Å². The van der Waals surface area contributed by atoms with Crippen molar-refractivity contribution in [2.45, 2.75) is 0 Å². The number of amides is 1. The Morgan fingerprint density at radius 2 is 2.00 bits per heavy atom. The van der Waals surface area contributed by atoms with Crippen molar-refractivity contribution in [2.75, 3.05) is 11.1 Å². The number of halogens is 2. The fourth-order valence-electron chi connectivity index (χ4n) is 1.39. The Bertz CT molecular complexity index is 602. The number of hydrogen-bond acceptors (Lipinski definition) is 3. The number of anilines is 2. The number of benzene rings is 1. The third-order valence-electron chi connectivity index (χ3n) is 2.26. The van der Waals surface area contributed by atoms with Gasteiger partial charge in [-0.05, 0) is 24.3 Å². The van der Waals surface area contributed by atoms with Gasteiger partial charge in [0.05, 0.1) is 17.4 Å². The zero-order valence-electron chi connectivity index (χ0n) is 9.15. The lowest BCUT2D eigenvalue weighted by molar-refractivity contribution is 0.102. The number of hydrogen-bond donors (Lipinski definition) is 2. The zero-order valence-corrected chi connectivity index (χ0v) is 9.15. The Labute approximate surface area is 101 Å². The van der Waals surface area contributed by atoms with Crippen LogP contribution < -0.4 is 11.1 Å². The Morgan fingerprint density at radius 1 is 1.22 bits per heavy atom. The van der Waals surface area contributed by atoms with Crippen LogP contribution in [0.1, 0.15) is 10.4 Å². The molecule has 18 heavy (non-hydrogen) atoms. The molecule has 0 unspecified atom stereocenters. The van der Waals surface area contributed by atoms with Crippen LogP contribution in [0.2, 0.25) is 0 Å². The molecule has 0 atom stereocenters. The van der Waals surface area contributed by atoms with Gasteiger partial charge in [0.15, 0.2) is 5.82 Å². The predicted molar refractivity (Wildman–Crippen MR) is 63.0 cm³/mol. The van der Waals surface area contributed by atoms with E-state index >= 15 is 0 Å². The smallest absolute Gasteiger partial charge is 0.258 e. The first-order valence-electron chi connectivity index (χ1n) is 5.04. The maximum Gasteiger partial charge on any atom is 0.258 e. The number of carbonyl (C=O) groups is 1. The standard InChI is InChI=1S/C12H9F2N3O/c13-9-2-1-7(15)5-11(9)17-12(18)8-3-4-16-6-10(8)14/h1-6H,15H2,(H,17,18). The number of carbonyl (C=O) groups excluding carboxylic acids is 1. The first-order chi connectivity index (χ1) is 8.58. The van der Waals surface area contributed by atoms with E-state index in [1.807, 2.05) is 0 Å². The molecule has 0 aliphatic carbocycles. The van der Waals surface area contributed by atoms with E-state index in [0.29, 0.717) is 5.69 Å². The van der Waals surface area contributed by atoms with E-state index in [4.69, 9.17) is 5.73 Å². The van der Waals surface area contributed by atoms with Gasteiger partial charge in [0.1, 0.15) is 5.82 Å². The third kappa shape index (κ3) is 2.42. The molecule has 0 aliphatic rings. The van der Waals surface area contributed by atoms with Crippen LogP contribution in [0.3, 0.4) is 0 Å². The minimum atomic E-state index is -0.778. The summed E-state index contributed by atoms with van der Waals surface area (Å²) in [6.45, 7) is 0. The van der Waals surface area contributed by atoms with Gasteiger partial charge < -0.3 is 11.1 Å². The van der Waals surface area contributed by atoms with Crippen LogP contribution in [0.5, 0.6) is 0 Å². The maximum atomic E-state index is 13.4. The SMILES string of the molecule is Nc1ccc(F)c(NC(=O)c2ccncc2F)c1. The summed E-state index contributed by atoms with van der Waals surface area (Å²) >= 11 is 0. The van der Waals surface area contributed by atoms with Gasteiger partial charge in [-0.2, -0.15) is 0 Å². The van der Waals surface area contributed by atoms with E-state index in [1.165, 1.54) is 24.4 Å². The van der Waals surface area contributed by atoms with Crippen molar-refractivity contribution in [2.24, 2.45) is 0 Å². The topological polar surface area (TPSA) is 68.0 Å². The van der Waals surface area contributed by atoms with Crippen LogP contribution in [0.4, 0.5) is 20.2 Å². The van der Waals surface area contributed by atoms with E-state index in [2.05, 4.69) is 10.3 Å². The third-order valence-corrected chi connectivity index (χ3v) is 2.26. The van der Waals surface area contributed by atoms with Gasteiger partial charge in [-0.3, -0.25) is 9.78 Å². The molecule has 4 nitrogen and oxygen atoms in total. The highest BCUT2D eigenvalue weighted by Crippen LogP contribution is 2.18. The van der Waals surface area contributed by atoms with Gasteiger partial charge in [0.2, 0.25) is 0 Å². The van der Waals surface area contributed by atoms with Gasteiger partial charge >= 0.3 is 0 Å². The van der Waals surface area contributed by atoms with Crippen molar-refractivity contribution >= 4 is 17.3 Å². The van der Waals surface area contributed by atoms with E-state index in [1.54, 1.807) is 0 Å². The second-order valence-electron chi connectivity index (χ2n) is 3.55. The minimum Gasteiger partial charge on any atom is -0.399 e. The van der Waals surface area contributed by atoms with Crippen LogP contribution >= 0.6 is 0 Å². The molecule has 6 heteroatoms. The Morgan fingerprint density at radius 3 is 2.72 bits per heavy atom. The van der Waals surface area contributed by atoms with Gasteiger partial charge in [-0.25, -0.2) is 8.78 Å². The molecule has 1 aromatic carbocycles. The fraction of sp³-hybridized carbons (Fsp3) is 0. The molecule has 2 rings (SSSR count). The number of nitrogen functional groups attached to an aromatic ring is 1. The van der Waals surface area contributed by atoms with E-state index in [9.17, 15) is 13.6 Å². The lowest BCUT2D eigenvalue weighted by Gasteiger charge is -2.07. The molecule has 3 N–H and O–H groups in total. The summed E-state index contributed by atoms with van der Waals surface area (Å²) in [5.74, 6) is -2.19. The Hall–Kier alpha value is -2.50. The fourth-order valence-corrected chi connectivity index (χ4v) is 1.39. The maximum absolute atomic E-state index is 13.4. The molecule has 0 saturated heterocycles. The molecule has 0 radical (unpaired) electrons. The summed E-state index contributed by atoms with van der Waals surface area (Å²) < 4.78 is 26.7. The molecule has 0 fully saturated rings. The zero-order chi connectivity index (χ0) is 13.1. The first-order valence-corrected chi connectivity index (χ1v) is 5.04. The van der Waals surface area contributed by atoms with Crippen molar-refractivity contribution in [1.82, 2.24) is 4.98 Å². The number of rotatable bonds is 2. The quantitative estimate of drug-likeness (QED) is 0.801. The molecule has 2 aromatic rings. The Balaban J connectivity index is 2.27. The summed E-state index contributed by atoms with van der Waals surface area (Å²) in [4.78, 5) is 15.2. The van der Waals surface area contributed by atoms with Crippen molar-refractivity contribution in [1.29, 1.82) is 0 Å². The molecule has 1 heterocycles. The monoisotopic (exact) mass is 249 g/mol. The summed E-state index contributed by atoms with van der Waals surface area (Å²) in [5, 5.41) is 2.25. The number of pyridine rings is 1. The lowest BCUT2D eigenvalue weighted by atomic mass is 10.2. The van der Waals surface area contributed by atoms with E-state index in [-0.39, 0.29) is 11.3 Å². The predicted octanol–water partition coefficient (Wildman–Crippen LogP) is 2.19. The second-order valence-corrected chi connectivity index (χ2v) is 3.55. The Kier molecular flexibility index (Phi) is 3.18. The van der Waals surface area contributed by atoms with Gasteiger partial charge in [-0.1, -0.05) is 0 Å². The van der Waals surface area contributed by atoms with Crippen molar-refractivity contribution in [3.8, 4) is 0 Å². The van der Waals surface area contributed by atoms with E-state index in [0.717, 1.165) is 12.3 Å². The normalized spacial score (nSPS) is 10.1. The molecular formula is C12H9F2N3O. The highest BCUT2D eigenvalue weighted by Gasteiger charge is 2.13. The molecule has 0 bridgehead atoms. The highest BCUT2D eigenvalue weighted by molar-refractivity contribution is 6.04. The number of nitrogens with zero attached hydrogens (tertiary/aromatic N) is 1. The molecule has 1 aromatic heterocycles. The summed E-state index contributed by atoms with van der Waals surface area (Å²) in [5.41, 5.74) is 5.45. The summed E-state index contributed by atoms with van der Waals surface area (Å²) in [6.07, 6.45) is 2.18. The molecule has 1 amide bonds. The van der Waals surface area contributed by atoms with E-state index < -0.39 is 17.5 Å². The molecule has 0 spiro atoms. The summed E-state index contributed by atoms with van der Waals surface area (Å²) in [6, 6.07) is 4.94. The van der Waals surface area contributed by atoms with Gasteiger partial charge in [-0.15, -0.1) is 0 Å². The minimum absolute atomic E-state index is 0.101. The van der Waals surface area contributed by atoms with Crippen molar-refractivity contribution in [3.63, 3.8) is 0 Å². The molecule has 0 aliphatic heterocycles. The second kappa shape index (κ2) is 4.79. The number of nitrogens with one attached hydrogen (secondary N) is 1. The highest BCUT2D eigenvalue weighted by atomic mass is 19.1. The number of aromatic nitrogens is 1. The van der Waals surface area contributed by atoms with Crippen LogP contribution in [0, 0.1) is 11.6 Å². The largest absolute Gasteiger partial charge is 0.399 e. The molecular weight excluding hydrogens is 240 g/mol. The average molecular weight is 249 g/mol. The van der Waals surface area contributed by atoms with Crippen molar-refractivity contribution < 1.29 is 13.6 Å².